The fourth-order valence-corrected chi connectivity index (χ4v) is 2.29. The Morgan fingerprint density at radius 2 is 1.73 bits per heavy atom. The van der Waals surface area contributed by atoms with E-state index < -0.39 is 0 Å². The van der Waals surface area contributed by atoms with Crippen molar-refractivity contribution in [3.8, 4) is 11.5 Å². The van der Waals surface area contributed by atoms with Crippen LogP contribution in [0.25, 0.3) is 0 Å². The first-order valence-corrected chi connectivity index (χ1v) is 8.32. The molecule has 3 aromatic rings. The largest absolute Gasteiger partial charge is 0.485 e. The van der Waals surface area contributed by atoms with E-state index in [1.54, 1.807) is 18.3 Å². The molecule has 0 radical (unpaired) electrons. The highest BCUT2D eigenvalue weighted by atomic mass is 16.5. The number of rotatable bonds is 7. The Kier molecular flexibility index (Phi) is 5.83. The van der Waals surface area contributed by atoms with Crippen LogP contribution in [0, 0.1) is 6.92 Å². The summed E-state index contributed by atoms with van der Waals surface area (Å²) >= 11 is 0. The highest BCUT2D eigenvalue weighted by Crippen LogP contribution is 2.22. The predicted molar refractivity (Wildman–Crippen MR) is 100 cm³/mol. The van der Waals surface area contributed by atoms with Gasteiger partial charge >= 0.3 is 0 Å². The molecule has 132 valence electrons. The molecule has 0 atom stereocenters. The van der Waals surface area contributed by atoms with Crippen LogP contribution in [0.2, 0.25) is 0 Å². The molecule has 1 N–H and O–H groups in total. The van der Waals surface area contributed by atoms with Gasteiger partial charge in [-0.25, -0.2) is 4.98 Å². The van der Waals surface area contributed by atoms with Crippen molar-refractivity contribution in [3.63, 3.8) is 0 Å². The molecule has 0 fully saturated rings. The molecule has 0 saturated heterocycles. The third-order valence-electron chi connectivity index (χ3n) is 3.66. The highest BCUT2D eigenvalue weighted by molar-refractivity contribution is 5.92. The Hall–Kier alpha value is -3.34. The van der Waals surface area contributed by atoms with E-state index in [0.717, 1.165) is 11.1 Å². The number of nitrogens with one attached hydrogen (secondary N) is 1. The van der Waals surface area contributed by atoms with Gasteiger partial charge in [-0.05, 0) is 36.8 Å². The molecule has 2 aromatic carbocycles. The van der Waals surface area contributed by atoms with Crippen LogP contribution in [0.5, 0.6) is 11.5 Å². The first-order chi connectivity index (χ1) is 12.7. The summed E-state index contributed by atoms with van der Waals surface area (Å²) in [6.45, 7) is 2.29. The zero-order valence-corrected chi connectivity index (χ0v) is 14.5. The maximum Gasteiger partial charge on any atom is 0.263 e. The Labute approximate surface area is 152 Å². The fourth-order valence-electron chi connectivity index (χ4n) is 2.29. The van der Waals surface area contributed by atoms with Crippen molar-refractivity contribution in [3.05, 3.63) is 84.1 Å². The molecule has 0 saturated carbocycles. The van der Waals surface area contributed by atoms with Gasteiger partial charge in [-0.1, -0.05) is 48.0 Å². The quantitative estimate of drug-likeness (QED) is 0.701. The minimum Gasteiger partial charge on any atom is -0.485 e. The Bertz CT molecular complexity index is 849. The summed E-state index contributed by atoms with van der Waals surface area (Å²) < 4.78 is 11.3. The van der Waals surface area contributed by atoms with E-state index in [0.29, 0.717) is 23.9 Å². The summed E-state index contributed by atoms with van der Waals surface area (Å²) in [5.41, 5.74) is 2.17. The molecule has 5 nitrogen and oxygen atoms in total. The van der Waals surface area contributed by atoms with E-state index in [1.807, 2.05) is 61.5 Å². The van der Waals surface area contributed by atoms with E-state index in [2.05, 4.69) is 10.3 Å². The molecule has 0 aliphatic rings. The predicted octanol–water partition coefficient (Wildman–Crippen LogP) is 3.99. The number of aromatic nitrogens is 1. The van der Waals surface area contributed by atoms with Crippen LogP contribution >= 0.6 is 0 Å². The number of nitrogens with zero attached hydrogens (tertiary/aromatic N) is 1. The molecule has 0 bridgehead atoms. The second-order valence-electron chi connectivity index (χ2n) is 5.77. The third-order valence-corrected chi connectivity index (χ3v) is 3.66. The lowest BCUT2D eigenvalue weighted by Crippen LogP contribution is -2.21. The van der Waals surface area contributed by atoms with Crippen molar-refractivity contribution in [2.24, 2.45) is 0 Å². The topological polar surface area (TPSA) is 60.5 Å². The average molecular weight is 348 g/mol. The lowest BCUT2D eigenvalue weighted by molar-refractivity contribution is -0.118. The van der Waals surface area contributed by atoms with Gasteiger partial charge in [0.05, 0.1) is 0 Å². The van der Waals surface area contributed by atoms with Gasteiger partial charge in [0.2, 0.25) is 0 Å². The zero-order valence-electron chi connectivity index (χ0n) is 14.5. The van der Waals surface area contributed by atoms with E-state index in [9.17, 15) is 4.79 Å². The lowest BCUT2D eigenvalue weighted by Gasteiger charge is -2.12. The maximum atomic E-state index is 12.1. The van der Waals surface area contributed by atoms with E-state index in [1.165, 1.54) is 0 Å². The average Bonchev–Trinajstić information content (AvgIpc) is 2.68. The molecule has 0 spiro atoms. The van der Waals surface area contributed by atoms with Crippen molar-refractivity contribution >= 4 is 11.7 Å². The molecule has 0 unspecified atom stereocenters. The van der Waals surface area contributed by atoms with Gasteiger partial charge in [0.1, 0.15) is 12.4 Å². The molecule has 1 amide bonds. The number of carbonyl (C=O) groups is 1. The van der Waals surface area contributed by atoms with Crippen molar-refractivity contribution in [2.45, 2.75) is 13.5 Å². The molecule has 26 heavy (non-hydrogen) atoms. The van der Waals surface area contributed by atoms with E-state index >= 15 is 0 Å². The minimum absolute atomic E-state index is 0.0994. The van der Waals surface area contributed by atoms with E-state index in [4.69, 9.17) is 9.47 Å². The number of benzene rings is 2. The Morgan fingerprint density at radius 1 is 0.962 bits per heavy atom. The van der Waals surface area contributed by atoms with Crippen LogP contribution in [0.3, 0.4) is 0 Å². The number of hydrogen-bond donors (Lipinski definition) is 1. The number of ether oxygens (including phenoxy) is 2. The number of hydrogen-bond acceptors (Lipinski definition) is 4. The van der Waals surface area contributed by atoms with Crippen LogP contribution in [-0.2, 0) is 11.4 Å². The van der Waals surface area contributed by atoms with E-state index in [-0.39, 0.29) is 12.5 Å². The zero-order chi connectivity index (χ0) is 18.2. The van der Waals surface area contributed by atoms with Gasteiger partial charge in [-0.2, -0.15) is 0 Å². The maximum absolute atomic E-state index is 12.1. The number of pyridine rings is 1. The molecular weight excluding hydrogens is 328 g/mol. The normalized spacial score (nSPS) is 10.2. The van der Waals surface area contributed by atoms with Crippen molar-refractivity contribution in [2.75, 3.05) is 11.9 Å². The van der Waals surface area contributed by atoms with Gasteiger partial charge in [0.25, 0.3) is 5.91 Å². The summed E-state index contributed by atoms with van der Waals surface area (Å²) in [6, 6.07) is 20.9. The number of carbonyl (C=O) groups excluding carboxylic acids is 1. The number of aryl methyl sites for hydroxylation is 1. The number of anilines is 1. The van der Waals surface area contributed by atoms with Crippen molar-refractivity contribution in [1.29, 1.82) is 0 Å². The van der Waals surface area contributed by atoms with Crippen molar-refractivity contribution in [1.82, 2.24) is 4.98 Å². The fraction of sp³-hybridized carbons (Fsp3) is 0.143. The van der Waals surface area contributed by atoms with Crippen LogP contribution in [0.4, 0.5) is 5.82 Å². The second kappa shape index (κ2) is 8.67. The second-order valence-corrected chi connectivity index (χ2v) is 5.77. The Morgan fingerprint density at radius 3 is 2.50 bits per heavy atom. The summed E-state index contributed by atoms with van der Waals surface area (Å²) in [6.07, 6.45) is 1.60. The van der Waals surface area contributed by atoms with Crippen LogP contribution in [0.15, 0.2) is 72.9 Å². The highest BCUT2D eigenvalue weighted by Gasteiger charge is 2.10. The van der Waals surface area contributed by atoms with Crippen LogP contribution < -0.4 is 14.8 Å². The van der Waals surface area contributed by atoms with Crippen LogP contribution in [0.1, 0.15) is 11.1 Å². The summed E-state index contributed by atoms with van der Waals surface area (Å²) in [7, 11) is 0. The summed E-state index contributed by atoms with van der Waals surface area (Å²) in [5, 5.41) is 2.73. The molecule has 0 aliphatic carbocycles. The lowest BCUT2D eigenvalue weighted by atomic mass is 10.2. The smallest absolute Gasteiger partial charge is 0.263 e. The van der Waals surface area contributed by atoms with Gasteiger partial charge < -0.3 is 14.8 Å². The van der Waals surface area contributed by atoms with Gasteiger partial charge in [-0.3, -0.25) is 4.79 Å². The Balaban J connectivity index is 1.56. The molecule has 3 rings (SSSR count). The summed E-state index contributed by atoms with van der Waals surface area (Å²) in [5.74, 6) is 1.24. The standard InChI is InChI=1S/C21H20N2O3/c1-16-9-11-18(12-10-16)25-15-20(24)23-21-19(8-5-13-22-21)26-14-17-6-3-2-4-7-17/h2-13H,14-15H2,1H3,(H,22,23,24). The van der Waals surface area contributed by atoms with Gasteiger partial charge in [0.15, 0.2) is 18.2 Å². The first-order valence-electron chi connectivity index (χ1n) is 8.32. The molecule has 1 aromatic heterocycles. The molecule has 0 aliphatic heterocycles. The van der Waals surface area contributed by atoms with Crippen LogP contribution in [-0.4, -0.2) is 17.5 Å². The third kappa shape index (κ3) is 5.08. The summed E-state index contributed by atoms with van der Waals surface area (Å²) in [4.78, 5) is 16.3. The van der Waals surface area contributed by atoms with Crippen molar-refractivity contribution < 1.29 is 14.3 Å². The minimum atomic E-state index is -0.297. The molecule has 5 heteroatoms. The monoisotopic (exact) mass is 348 g/mol. The molecule has 1 heterocycles. The SMILES string of the molecule is Cc1ccc(OCC(=O)Nc2ncccc2OCc2ccccc2)cc1. The van der Waals surface area contributed by atoms with Gasteiger partial charge in [-0.15, -0.1) is 0 Å². The van der Waals surface area contributed by atoms with Gasteiger partial charge in [0, 0.05) is 6.20 Å². The number of amides is 1. The molecular formula is C21H20N2O3. The first kappa shape index (κ1) is 17.5.